The van der Waals surface area contributed by atoms with Crippen LogP contribution in [-0.4, -0.2) is 20.8 Å². The van der Waals surface area contributed by atoms with E-state index in [1.807, 2.05) is 6.92 Å². The van der Waals surface area contributed by atoms with Gasteiger partial charge >= 0.3 is 5.69 Å². The van der Waals surface area contributed by atoms with Crippen LogP contribution in [0.25, 0.3) is 10.2 Å². The lowest BCUT2D eigenvalue weighted by Gasteiger charge is -2.12. The zero-order valence-electron chi connectivity index (χ0n) is 15.7. The third kappa shape index (κ3) is 3.96. The van der Waals surface area contributed by atoms with Crippen molar-refractivity contribution in [2.24, 2.45) is 0 Å². The number of rotatable bonds is 7. The molecule has 0 saturated heterocycles. The van der Waals surface area contributed by atoms with Crippen LogP contribution in [0, 0.1) is 0 Å². The summed E-state index contributed by atoms with van der Waals surface area (Å²) in [5.41, 5.74) is 0.626. The maximum absolute atomic E-state index is 12.8. The number of fused-ring (bicyclic) bond motifs is 1. The zero-order chi connectivity index (χ0) is 20.3. The Balaban J connectivity index is 1.93. The molecule has 28 heavy (non-hydrogen) atoms. The van der Waals surface area contributed by atoms with E-state index in [0.29, 0.717) is 34.4 Å². The van der Waals surface area contributed by atoms with Gasteiger partial charge in [0.25, 0.3) is 5.56 Å². The molecule has 0 aliphatic carbocycles. The molecule has 2 heterocycles. The first-order valence-corrected chi connectivity index (χ1v) is 9.92. The summed E-state index contributed by atoms with van der Waals surface area (Å²) in [6.45, 7) is 3.54. The molecular weight excluding hydrogens is 378 g/mol. The highest BCUT2D eigenvalue weighted by atomic mass is 32.1. The topological polar surface area (TPSA) is 90.2 Å². The SMILES string of the molecule is CCCCn1c(=O)c2sccc2n(CC(=O)Nc2cccc(C(C)=O)c2)c1=O. The van der Waals surface area contributed by atoms with Gasteiger partial charge in [-0.2, -0.15) is 0 Å². The van der Waals surface area contributed by atoms with E-state index in [-0.39, 0.29) is 17.9 Å². The number of amides is 1. The molecule has 1 aromatic carbocycles. The minimum atomic E-state index is -0.489. The maximum atomic E-state index is 12.8. The number of hydrogen-bond donors (Lipinski definition) is 1. The number of hydrogen-bond acceptors (Lipinski definition) is 5. The van der Waals surface area contributed by atoms with Crippen LogP contribution in [-0.2, 0) is 17.9 Å². The number of ketones is 1. The molecule has 0 spiro atoms. The second-order valence-electron chi connectivity index (χ2n) is 6.50. The van der Waals surface area contributed by atoms with Crippen LogP contribution in [0.4, 0.5) is 5.69 Å². The van der Waals surface area contributed by atoms with Crippen molar-refractivity contribution < 1.29 is 9.59 Å². The van der Waals surface area contributed by atoms with Gasteiger partial charge in [-0.05, 0) is 36.9 Å². The molecule has 3 aromatic rings. The van der Waals surface area contributed by atoms with Crippen molar-refractivity contribution in [1.29, 1.82) is 0 Å². The van der Waals surface area contributed by atoms with Gasteiger partial charge in [0.2, 0.25) is 5.91 Å². The summed E-state index contributed by atoms with van der Waals surface area (Å²) in [7, 11) is 0. The molecule has 8 heteroatoms. The van der Waals surface area contributed by atoms with Crippen LogP contribution in [0.5, 0.6) is 0 Å². The van der Waals surface area contributed by atoms with Crippen molar-refractivity contribution in [1.82, 2.24) is 9.13 Å². The predicted molar refractivity (Wildman–Crippen MR) is 110 cm³/mol. The number of carbonyl (C=O) groups is 2. The van der Waals surface area contributed by atoms with Crippen molar-refractivity contribution in [2.75, 3.05) is 5.32 Å². The summed E-state index contributed by atoms with van der Waals surface area (Å²) < 4.78 is 2.99. The highest BCUT2D eigenvalue weighted by Gasteiger charge is 2.16. The molecule has 146 valence electrons. The molecule has 1 amide bonds. The van der Waals surface area contributed by atoms with Crippen LogP contribution in [0.2, 0.25) is 0 Å². The molecule has 0 unspecified atom stereocenters. The summed E-state index contributed by atoms with van der Waals surface area (Å²) in [4.78, 5) is 49.5. The number of nitrogens with one attached hydrogen (secondary N) is 1. The van der Waals surface area contributed by atoms with Crippen LogP contribution < -0.4 is 16.6 Å². The van der Waals surface area contributed by atoms with E-state index >= 15 is 0 Å². The van der Waals surface area contributed by atoms with Crippen LogP contribution >= 0.6 is 11.3 Å². The molecule has 2 aromatic heterocycles. The van der Waals surface area contributed by atoms with E-state index in [0.717, 1.165) is 6.42 Å². The minimum absolute atomic E-state index is 0.102. The smallest absolute Gasteiger partial charge is 0.325 e. The van der Waals surface area contributed by atoms with Gasteiger partial charge in [-0.1, -0.05) is 25.5 Å². The average molecular weight is 399 g/mol. The highest BCUT2D eigenvalue weighted by molar-refractivity contribution is 7.17. The van der Waals surface area contributed by atoms with Crippen LogP contribution in [0.1, 0.15) is 37.0 Å². The predicted octanol–water partition coefficient (Wildman–Crippen LogP) is 2.87. The third-order valence-electron chi connectivity index (χ3n) is 4.43. The average Bonchev–Trinajstić information content (AvgIpc) is 3.15. The second kappa shape index (κ2) is 8.35. The Morgan fingerprint density at radius 3 is 2.64 bits per heavy atom. The van der Waals surface area contributed by atoms with Gasteiger partial charge in [0, 0.05) is 17.8 Å². The number of benzene rings is 1. The Morgan fingerprint density at radius 2 is 1.93 bits per heavy atom. The van der Waals surface area contributed by atoms with Gasteiger partial charge in [0.15, 0.2) is 5.78 Å². The molecule has 0 radical (unpaired) electrons. The standard InChI is InChI=1S/C20H21N3O4S/c1-3-4-9-22-19(26)18-16(8-10-28-18)23(20(22)27)12-17(25)21-15-7-5-6-14(11-15)13(2)24/h5-8,10-11H,3-4,9,12H2,1-2H3,(H,21,25). The summed E-state index contributed by atoms with van der Waals surface area (Å²) in [5.74, 6) is -0.508. The number of unbranched alkanes of at least 4 members (excludes halogenated alkanes) is 1. The highest BCUT2D eigenvalue weighted by Crippen LogP contribution is 2.16. The van der Waals surface area contributed by atoms with Gasteiger partial charge in [-0.15, -0.1) is 11.3 Å². The largest absolute Gasteiger partial charge is 0.332 e. The lowest BCUT2D eigenvalue weighted by molar-refractivity contribution is -0.116. The summed E-state index contributed by atoms with van der Waals surface area (Å²) in [5, 5.41) is 4.45. The molecule has 0 atom stereocenters. The summed E-state index contributed by atoms with van der Waals surface area (Å²) in [6.07, 6.45) is 1.55. The summed E-state index contributed by atoms with van der Waals surface area (Å²) >= 11 is 1.26. The normalized spacial score (nSPS) is 10.9. The van der Waals surface area contributed by atoms with Gasteiger partial charge in [0.05, 0.1) is 5.52 Å². The number of thiophene rings is 1. The van der Waals surface area contributed by atoms with Gasteiger partial charge in [-0.25, -0.2) is 4.79 Å². The van der Waals surface area contributed by atoms with Crippen LogP contribution in [0.3, 0.4) is 0 Å². The monoisotopic (exact) mass is 399 g/mol. The fourth-order valence-electron chi connectivity index (χ4n) is 2.96. The van der Waals surface area contributed by atoms with Gasteiger partial charge in [-0.3, -0.25) is 23.5 Å². The van der Waals surface area contributed by atoms with E-state index in [2.05, 4.69) is 5.32 Å². The van der Waals surface area contributed by atoms with Crippen LogP contribution in [0.15, 0.2) is 45.3 Å². The fourth-order valence-corrected chi connectivity index (χ4v) is 3.80. The fraction of sp³-hybridized carbons (Fsp3) is 0.300. The Morgan fingerprint density at radius 1 is 1.14 bits per heavy atom. The van der Waals surface area contributed by atoms with Crippen molar-refractivity contribution in [3.63, 3.8) is 0 Å². The van der Waals surface area contributed by atoms with Crippen molar-refractivity contribution >= 4 is 38.9 Å². The lowest BCUT2D eigenvalue weighted by Crippen LogP contribution is -2.41. The zero-order valence-corrected chi connectivity index (χ0v) is 16.5. The number of aromatic nitrogens is 2. The van der Waals surface area contributed by atoms with Gasteiger partial charge in [0.1, 0.15) is 11.2 Å². The van der Waals surface area contributed by atoms with Crippen molar-refractivity contribution in [3.8, 4) is 0 Å². The molecule has 0 aliphatic rings. The lowest BCUT2D eigenvalue weighted by atomic mass is 10.1. The van der Waals surface area contributed by atoms with E-state index in [1.54, 1.807) is 35.7 Å². The first kappa shape index (κ1) is 19.8. The van der Waals surface area contributed by atoms with E-state index < -0.39 is 11.6 Å². The third-order valence-corrected chi connectivity index (χ3v) is 5.32. The Hall–Kier alpha value is -3.00. The molecule has 0 saturated carbocycles. The van der Waals surface area contributed by atoms with E-state index in [4.69, 9.17) is 0 Å². The molecule has 3 rings (SSSR count). The number of carbonyl (C=O) groups excluding carboxylic acids is 2. The Bertz CT molecular complexity index is 1160. The number of nitrogens with zero attached hydrogens (tertiary/aromatic N) is 2. The number of anilines is 1. The quantitative estimate of drug-likeness (QED) is 0.619. The maximum Gasteiger partial charge on any atom is 0.332 e. The molecule has 7 nitrogen and oxygen atoms in total. The first-order valence-electron chi connectivity index (χ1n) is 9.04. The van der Waals surface area contributed by atoms with Crippen molar-refractivity contribution in [3.05, 3.63) is 62.1 Å². The minimum Gasteiger partial charge on any atom is -0.325 e. The molecular formula is C20H21N3O4S. The first-order chi connectivity index (χ1) is 13.4. The summed E-state index contributed by atoms with van der Waals surface area (Å²) in [6, 6.07) is 8.29. The van der Waals surface area contributed by atoms with Gasteiger partial charge < -0.3 is 5.32 Å². The van der Waals surface area contributed by atoms with E-state index in [9.17, 15) is 19.2 Å². The number of Topliss-reactive ketones (excluding diaryl/α,β-unsaturated/α-hetero) is 1. The Kier molecular flexibility index (Phi) is 5.89. The molecule has 1 N–H and O–H groups in total. The Labute approximate surface area is 165 Å². The second-order valence-corrected chi connectivity index (χ2v) is 7.42. The van der Waals surface area contributed by atoms with Crippen molar-refractivity contribution in [2.45, 2.75) is 39.8 Å². The molecule has 0 bridgehead atoms. The van der Waals surface area contributed by atoms with E-state index in [1.165, 1.54) is 27.4 Å². The molecule has 0 fully saturated rings. The molecule has 0 aliphatic heterocycles.